The van der Waals surface area contributed by atoms with Gasteiger partial charge >= 0.3 is 0 Å². The van der Waals surface area contributed by atoms with Crippen molar-refractivity contribution in [2.75, 3.05) is 31.9 Å². The highest BCUT2D eigenvalue weighted by atomic mass is 35.5. The Morgan fingerprint density at radius 1 is 1.22 bits per heavy atom. The number of thiophene rings is 1. The van der Waals surface area contributed by atoms with Crippen molar-refractivity contribution in [3.05, 3.63) is 27.5 Å². The molecule has 11 heteroatoms. The summed E-state index contributed by atoms with van der Waals surface area (Å²) in [7, 11) is -3.42. The number of hydrogen-bond acceptors (Lipinski definition) is 7. The summed E-state index contributed by atoms with van der Waals surface area (Å²) in [6.45, 7) is 3.10. The van der Waals surface area contributed by atoms with E-state index in [1.54, 1.807) is 18.3 Å². The number of piperazine rings is 1. The normalized spacial score (nSPS) is 17.1. The first kappa shape index (κ1) is 18.9. The van der Waals surface area contributed by atoms with Crippen LogP contribution in [0.2, 0.25) is 4.34 Å². The van der Waals surface area contributed by atoms with Gasteiger partial charge in [-0.05, 0) is 12.1 Å². The lowest BCUT2D eigenvalue weighted by molar-refractivity contribution is 0.183. The minimum atomic E-state index is -3.42. The predicted octanol–water partition coefficient (Wildman–Crippen LogP) is 2.37. The monoisotopic (exact) mass is 414 g/mol. The van der Waals surface area contributed by atoms with Crippen molar-refractivity contribution in [1.29, 1.82) is 0 Å². The molecule has 1 aliphatic heterocycles. The maximum atomic E-state index is 12.5. The third-order valence-corrected chi connectivity index (χ3v) is 7.83. The Morgan fingerprint density at radius 3 is 2.43 bits per heavy atom. The predicted molar refractivity (Wildman–Crippen MR) is 97.1 cm³/mol. The van der Waals surface area contributed by atoms with Crippen molar-refractivity contribution >= 4 is 61.8 Å². The van der Waals surface area contributed by atoms with Crippen molar-refractivity contribution in [3.8, 4) is 0 Å². The Bertz CT molecular complexity index is 754. The number of sulfonamides is 1. The fourth-order valence-corrected chi connectivity index (χ4v) is 6.09. The van der Waals surface area contributed by atoms with Gasteiger partial charge in [0.15, 0.2) is 5.13 Å². The average Bonchev–Trinajstić information content (AvgIpc) is 3.09. The van der Waals surface area contributed by atoms with Gasteiger partial charge in [0.25, 0.3) is 10.0 Å². The average molecular weight is 415 g/mol. The number of nitrogen functional groups attached to an aromatic ring is 1. The van der Waals surface area contributed by atoms with E-state index in [0.717, 1.165) is 22.8 Å². The molecule has 3 rings (SSSR count). The van der Waals surface area contributed by atoms with Gasteiger partial charge in [0.05, 0.1) is 4.34 Å². The topological polar surface area (TPSA) is 79.5 Å². The Hall–Kier alpha value is -0.420. The number of anilines is 1. The maximum Gasteiger partial charge on any atom is 0.252 e. The molecule has 6 nitrogen and oxygen atoms in total. The second-order valence-corrected chi connectivity index (χ2v) is 9.93. The molecule has 3 heterocycles. The number of thiazole rings is 1. The molecule has 2 N–H and O–H groups in total. The van der Waals surface area contributed by atoms with Gasteiger partial charge in [-0.1, -0.05) is 11.6 Å². The van der Waals surface area contributed by atoms with Gasteiger partial charge < -0.3 is 5.73 Å². The Labute approximate surface area is 154 Å². The summed E-state index contributed by atoms with van der Waals surface area (Å²) in [5, 5.41) is 0.561. The maximum absolute atomic E-state index is 12.5. The molecule has 128 valence electrons. The molecule has 0 aliphatic carbocycles. The fraction of sp³-hybridized carbons (Fsp3) is 0.417. The lowest BCUT2D eigenvalue weighted by atomic mass is 10.3. The Balaban J connectivity index is 0.00000192. The van der Waals surface area contributed by atoms with Gasteiger partial charge in [-0.2, -0.15) is 4.31 Å². The molecule has 0 saturated carbocycles. The van der Waals surface area contributed by atoms with E-state index >= 15 is 0 Å². The highest BCUT2D eigenvalue weighted by Gasteiger charge is 2.29. The van der Waals surface area contributed by atoms with E-state index in [1.807, 2.05) is 0 Å². The van der Waals surface area contributed by atoms with Crippen LogP contribution in [0.4, 0.5) is 5.13 Å². The van der Waals surface area contributed by atoms with Gasteiger partial charge in [0, 0.05) is 43.8 Å². The van der Waals surface area contributed by atoms with E-state index in [9.17, 15) is 8.42 Å². The second-order valence-electron chi connectivity index (χ2n) is 4.90. The standard InChI is InChI=1S/C12H15ClN4O2S3.ClH/c13-10-1-2-11(21-10)22(18,19)17-5-3-16(4-6-17)8-9-7-15-12(14)20-9;/h1-2,7H,3-6,8H2,(H2,14,15);1H. The smallest absolute Gasteiger partial charge is 0.252 e. The SMILES string of the molecule is Cl.Nc1ncc(CN2CCN(S(=O)(=O)c3ccc(Cl)s3)CC2)s1. The number of hydrogen-bond donors (Lipinski definition) is 1. The van der Waals surface area contributed by atoms with Gasteiger partial charge in [0.2, 0.25) is 0 Å². The van der Waals surface area contributed by atoms with Crippen molar-refractivity contribution in [2.45, 2.75) is 10.8 Å². The first-order valence-electron chi connectivity index (χ1n) is 6.63. The largest absolute Gasteiger partial charge is 0.375 e. The van der Waals surface area contributed by atoms with E-state index in [2.05, 4.69) is 9.88 Å². The van der Waals surface area contributed by atoms with Crippen LogP contribution in [0, 0.1) is 0 Å². The zero-order chi connectivity index (χ0) is 15.7. The first-order chi connectivity index (χ1) is 10.4. The number of nitrogens with zero attached hydrogens (tertiary/aromatic N) is 3. The highest BCUT2D eigenvalue weighted by Crippen LogP contribution is 2.28. The van der Waals surface area contributed by atoms with Gasteiger partial charge in [-0.15, -0.1) is 35.1 Å². The minimum absolute atomic E-state index is 0. The molecule has 1 saturated heterocycles. The molecule has 2 aromatic rings. The molecule has 0 unspecified atom stereocenters. The zero-order valence-electron chi connectivity index (χ0n) is 12.0. The second kappa shape index (κ2) is 7.64. The molecule has 0 aromatic carbocycles. The van der Waals surface area contributed by atoms with E-state index < -0.39 is 10.0 Å². The van der Waals surface area contributed by atoms with Gasteiger partial charge in [-0.3, -0.25) is 4.90 Å². The van der Waals surface area contributed by atoms with Crippen LogP contribution in [0.25, 0.3) is 0 Å². The lowest BCUT2D eigenvalue weighted by Crippen LogP contribution is -2.47. The summed E-state index contributed by atoms with van der Waals surface area (Å²) >= 11 is 8.40. The third-order valence-electron chi connectivity index (χ3n) is 3.42. The summed E-state index contributed by atoms with van der Waals surface area (Å²) in [6.07, 6.45) is 1.77. The Kier molecular flexibility index (Phi) is 6.28. The molecule has 0 bridgehead atoms. The number of rotatable bonds is 4. The molecule has 0 spiro atoms. The van der Waals surface area contributed by atoms with E-state index in [4.69, 9.17) is 17.3 Å². The molecule has 0 atom stereocenters. The summed E-state index contributed by atoms with van der Waals surface area (Å²) in [6, 6.07) is 3.18. The molecule has 0 radical (unpaired) electrons. The molecule has 1 fully saturated rings. The highest BCUT2D eigenvalue weighted by molar-refractivity contribution is 7.91. The van der Waals surface area contributed by atoms with Crippen LogP contribution in [0.15, 0.2) is 22.5 Å². The first-order valence-corrected chi connectivity index (χ1v) is 10.1. The lowest BCUT2D eigenvalue weighted by Gasteiger charge is -2.33. The van der Waals surface area contributed by atoms with E-state index in [1.165, 1.54) is 15.6 Å². The van der Waals surface area contributed by atoms with E-state index in [0.29, 0.717) is 39.9 Å². The summed E-state index contributed by atoms with van der Waals surface area (Å²) in [5.41, 5.74) is 5.62. The van der Waals surface area contributed by atoms with Crippen LogP contribution >= 0.6 is 46.7 Å². The van der Waals surface area contributed by atoms with Crippen LogP contribution in [-0.4, -0.2) is 48.8 Å². The Morgan fingerprint density at radius 2 is 1.91 bits per heavy atom. The van der Waals surface area contributed by atoms with Gasteiger partial charge in [0.1, 0.15) is 4.21 Å². The summed E-state index contributed by atoms with van der Waals surface area (Å²) in [5.74, 6) is 0. The number of aromatic nitrogens is 1. The third kappa shape index (κ3) is 4.36. The molecular weight excluding hydrogens is 399 g/mol. The van der Waals surface area contributed by atoms with Gasteiger partial charge in [-0.25, -0.2) is 13.4 Å². The van der Waals surface area contributed by atoms with Crippen LogP contribution in [0.1, 0.15) is 4.88 Å². The van der Waals surface area contributed by atoms with Crippen LogP contribution in [0.3, 0.4) is 0 Å². The minimum Gasteiger partial charge on any atom is -0.375 e. The molecule has 2 aromatic heterocycles. The molecular formula is C12H16Cl2N4O2S3. The quantitative estimate of drug-likeness (QED) is 0.830. The molecule has 0 amide bonds. The van der Waals surface area contributed by atoms with Crippen LogP contribution in [-0.2, 0) is 16.6 Å². The van der Waals surface area contributed by atoms with Crippen molar-refractivity contribution < 1.29 is 8.42 Å². The van der Waals surface area contributed by atoms with Crippen LogP contribution in [0.5, 0.6) is 0 Å². The number of halogens is 2. The molecule has 1 aliphatic rings. The fourth-order valence-electron chi connectivity index (χ4n) is 2.31. The van der Waals surface area contributed by atoms with E-state index in [-0.39, 0.29) is 12.4 Å². The van der Waals surface area contributed by atoms with Crippen molar-refractivity contribution in [1.82, 2.24) is 14.2 Å². The van der Waals surface area contributed by atoms with Crippen LogP contribution < -0.4 is 5.73 Å². The summed E-state index contributed by atoms with van der Waals surface area (Å²) in [4.78, 5) is 7.34. The summed E-state index contributed by atoms with van der Waals surface area (Å²) < 4.78 is 27.3. The zero-order valence-corrected chi connectivity index (χ0v) is 16.0. The number of nitrogens with two attached hydrogens (primary N) is 1. The van der Waals surface area contributed by atoms with Crippen molar-refractivity contribution in [2.24, 2.45) is 0 Å². The van der Waals surface area contributed by atoms with Crippen molar-refractivity contribution in [3.63, 3.8) is 0 Å². The molecule has 23 heavy (non-hydrogen) atoms.